The average molecular weight is 560 g/mol. The molecule has 1 saturated heterocycles. The molecule has 0 aliphatic carbocycles. The fraction of sp³-hybridized carbons (Fsp3) is 0.323. The molecule has 41 heavy (non-hydrogen) atoms. The number of ether oxygens (including phenoxy) is 1. The molecule has 1 fully saturated rings. The molecule has 1 amide bonds. The Balaban J connectivity index is 1.19. The van der Waals surface area contributed by atoms with Crippen LogP contribution in [0.3, 0.4) is 0 Å². The molecule has 10 heteroatoms. The summed E-state index contributed by atoms with van der Waals surface area (Å²) in [6.45, 7) is 2.51. The number of hydrogen-bond donors (Lipinski definition) is 0. The SMILES string of the molecule is Cn1cnnc1CC1(c2cccc(N3Cc4c(cc(CN5Cc6ccccc6C5)cc4C(F)(F)F)C3=O)c2)COC1. The molecular weight excluding hydrogens is 531 g/mol. The molecule has 4 heterocycles. The van der Waals surface area contributed by atoms with Gasteiger partial charge < -0.3 is 14.2 Å². The molecule has 3 aliphatic rings. The van der Waals surface area contributed by atoms with Gasteiger partial charge in [-0.2, -0.15) is 13.2 Å². The highest BCUT2D eigenvalue weighted by atomic mass is 19.4. The fourth-order valence-electron chi connectivity index (χ4n) is 6.29. The third-order valence-electron chi connectivity index (χ3n) is 8.55. The molecule has 0 unspecified atom stereocenters. The molecule has 3 aromatic carbocycles. The molecular formula is C31H28F3N5O2. The van der Waals surface area contributed by atoms with Gasteiger partial charge in [0.15, 0.2) is 0 Å². The monoisotopic (exact) mass is 559 g/mol. The lowest BCUT2D eigenvalue weighted by molar-refractivity contribution is -0.138. The second-order valence-corrected chi connectivity index (χ2v) is 11.3. The molecule has 0 bridgehead atoms. The van der Waals surface area contributed by atoms with Crippen LogP contribution >= 0.6 is 0 Å². The van der Waals surface area contributed by atoms with E-state index >= 15 is 0 Å². The molecule has 0 atom stereocenters. The fourth-order valence-corrected chi connectivity index (χ4v) is 6.29. The van der Waals surface area contributed by atoms with Crippen LogP contribution < -0.4 is 4.90 Å². The number of halogens is 3. The van der Waals surface area contributed by atoms with Gasteiger partial charge in [0, 0.05) is 49.8 Å². The van der Waals surface area contributed by atoms with E-state index in [1.165, 1.54) is 22.1 Å². The highest BCUT2D eigenvalue weighted by Gasteiger charge is 2.43. The number of aryl methyl sites for hydroxylation is 1. The van der Waals surface area contributed by atoms with Crippen LogP contribution in [-0.4, -0.2) is 38.8 Å². The van der Waals surface area contributed by atoms with Crippen LogP contribution in [0.1, 0.15) is 49.6 Å². The molecule has 1 aromatic heterocycles. The zero-order valence-electron chi connectivity index (χ0n) is 22.5. The summed E-state index contributed by atoms with van der Waals surface area (Å²) in [6, 6.07) is 18.4. The minimum Gasteiger partial charge on any atom is -0.379 e. The van der Waals surface area contributed by atoms with Crippen molar-refractivity contribution in [3.63, 3.8) is 0 Å². The van der Waals surface area contributed by atoms with E-state index in [2.05, 4.69) is 15.1 Å². The molecule has 0 radical (unpaired) electrons. The van der Waals surface area contributed by atoms with Crippen LogP contribution in [0.2, 0.25) is 0 Å². The first-order valence-electron chi connectivity index (χ1n) is 13.6. The van der Waals surface area contributed by atoms with Gasteiger partial charge in [-0.15, -0.1) is 10.2 Å². The lowest BCUT2D eigenvalue weighted by Crippen LogP contribution is -2.49. The van der Waals surface area contributed by atoms with Crippen LogP contribution in [0.15, 0.2) is 67.0 Å². The van der Waals surface area contributed by atoms with Gasteiger partial charge in [0.1, 0.15) is 12.2 Å². The van der Waals surface area contributed by atoms with Gasteiger partial charge in [-0.1, -0.05) is 36.4 Å². The van der Waals surface area contributed by atoms with Crippen molar-refractivity contribution in [1.29, 1.82) is 0 Å². The standard InChI is InChI=1S/C31H28F3N5O2/c1-37-19-35-36-28(37)12-30(17-41-18-30)23-7-4-8-24(11-23)39-16-26-25(29(39)40)9-20(10-27(26)31(32,33)34)13-38-14-21-5-2-3-6-22(21)15-38/h2-11,19H,12-18H2,1H3. The van der Waals surface area contributed by atoms with Crippen molar-refractivity contribution >= 4 is 11.6 Å². The molecule has 7 rings (SSSR count). The Kier molecular flexibility index (Phi) is 6.02. The Bertz CT molecular complexity index is 1630. The predicted molar refractivity (Wildman–Crippen MR) is 145 cm³/mol. The third kappa shape index (κ3) is 4.51. The maximum Gasteiger partial charge on any atom is 0.416 e. The first-order valence-corrected chi connectivity index (χ1v) is 13.6. The largest absolute Gasteiger partial charge is 0.416 e. The van der Waals surface area contributed by atoms with Crippen molar-refractivity contribution in [2.75, 3.05) is 18.1 Å². The van der Waals surface area contributed by atoms with E-state index in [0.717, 1.165) is 11.4 Å². The summed E-state index contributed by atoms with van der Waals surface area (Å²) in [5, 5.41) is 8.19. The van der Waals surface area contributed by atoms with Gasteiger partial charge in [-0.05, 0) is 52.1 Å². The molecule has 0 spiro atoms. The van der Waals surface area contributed by atoms with Crippen LogP contribution in [0.25, 0.3) is 0 Å². The highest BCUT2D eigenvalue weighted by molar-refractivity contribution is 6.10. The number of carbonyl (C=O) groups excluding carboxylic acids is 1. The Morgan fingerprint density at radius 2 is 1.73 bits per heavy atom. The van der Waals surface area contributed by atoms with Crippen LogP contribution in [0.4, 0.5) is 18.9 Å². The molecule has 4 aromatic rings. The number of benzene rings is 3. The van der Waals surface area contributed by atoms with Crippen molar-refractivity contribution in [3.05, 3.63) is 112 Å². The van der Waals surface area contributed by atoms with Crippen LogP contribution in [-0.2, 0) is 56.0 Å². The Morgan fingerprint density at radius 3 is 2.37 bits per heavy atom. The predicted octanol–water partition coefficient (Wildman–Crippen LogP) is 5.02. The number of fused-ring (bicyclic) bond motifs is 2. The van der Waals surface area contributed by atoms with Gasteiger partial charge in [0.2, 0.25) is 0 Å². The number of carbonyl (C=O) groups is 1. The quantitative estimate of drug-likeness (QED) is 0.332. The zero-order valence-corrected chi connectivity index (χ0v) is 22.5. The third-order valence-corrected chi connectivity index (χ3v) is 8.55. The zero-order chi connectivity index (χ0) is 28.4. The normalized spacial score (nSPS) is 18.0. The summed E-state index contributed by atoms with van der Waals surface area (Å²) < 4.78 is 50.4. The lowest BCUT2D eigenvalue weighted by Gasteiger charge is -2.42. The van der Waals surface area contributed by atoms with Crippen LogP contribution in [0.5, 0.6) is 0 Å². The number of nitrogens with zero attached hydrogens (tertiary/aromatic N) is 5. The van der Waals surface area contributed by atoms with Gasteiger partial charge in [-0.3, -0.25) is 9.69 Å². The summed E-state index contributed by atoms with van der Waals surface area (Å²) in [6.07, 6.45) is -2.33. The second kappa shape index (κ2) is 9.53. The summed E-state index contributed by atoms with van der Waals surface area (Å²) >= 11 is 0. The van der Waals surface area contributed by atoms with Crippen molar-refractivity contribution in [1.82, 2.24) is 19.7 Å². The molecule has 3 aliphatic heterocycles. The summed E-state index contributed by atoms with van der Waals surface area (Å²) in [7, 11) is 1.88. The maximum absolute atomic E-state index is 14.3. The number of aromatic nitrogens is 3. The Hall–Kier alpha value is -4.02. The number of rotatable bonds is 6. The number of hydrogen-bond acceptors (Lipinski definition) is 5. The molecule has 210 valence electrons. The van der Waals surface area contributed by atoms with Crippen LogP contribution in [0, 0.1) is 0 Å². The van der Waals surface area contributed by atoms with Crippen molar-refractivity contribution in [2.45, 2.75) is 44.2 Å². The second-order valence-electron chi connectivity index (χ2n) is 11.3. The van der Waals surface area contributed by atoms with E-state index in [1.54, 1.807) is 18.5 Å². The first kappa shape index (κ1) is 25.9. The van der Waals surface area contributed by atoms with Gasteiger partial charge in [0.05, 0.1) is 25.3 Å². The first-order chi connectivity index (χ1) is 19.7. The minimum atomic E-state index is -4.57. The maximum atomic E-state index is 14.3. The molecule has 0 saturated carbocycles. The Labute approximate surface area is 235 Å². The average Bonchev–Trinajstić information content (AvgIpc) is 3.62. The highest BCUT2D eigenvalue weighted by Crippen LogP contribution is 2.42. The number of alkyl halides is 3. The van der Waals surface area contributed by atoms with Gasteiger partial charge in [-0.25, -0.2) is 0 Å². The summed E-state index contributed by atoms with van der Waals surface area (Å²) in [4.78, 5) is 17.2. The Morgan fingerprint density at radius 1 is 0.976 bits per heavy atom. The number of anilines is 1. The van der Waals surface area contributed by atoms with E-state index in [1.807, 2.05) is 54.1 Å². The smallest absolute Gasteiger partial charge is 0.379 e. The molecule has 7 nitrogen and oxygen atoms in total. The lowest BCUT2D eigenvalue weighted by atomic mass is 9.75. The van der Waals surface area contributed by atoms with Gasteiger partial charge >= 0.3 is 6.18 Å². The topological polar surface area (TPSA) is 63.5 Å². The van der Waals surface area contributed by atoms with E-state index in [9.17, 15) is 18.0 Å². The van der Waals surface area contributed by atoms with Crippen molar-refractivity contribution < 1.29 is 22.7 Å². The number of amides is 1. The van der Waals surface area contributed by atoms with Gasteiger partial charge in [0.25, 0.3) is 5.91 Å². The summed E-state index contributed by atoms with van der Waals surface area (Å²) in [5.74, 6) is 0.397. The van der Waals surface area contributed by atoms with Crippen molar-refractivity contribution in [3.8, 4) is 0 Å². The minimum absolute atomic E-state index is 0.0298. The van der Waals surface area contributed by atoms with E-state index < -0.39 is 17.6 Å². The van der Waals surface area contributed by atoms with E-state index in [-0.39, 0.29) is 23.1 Å². The van der Waals surface area contributed by atoms with Crippen molar-refractivity contribution in [2.24, 2.45) is 7.05 Å². The molecule has 0 N–H and O–H groups in total. The van der Waals surface area contributed by atoms with E-state index in [4.69, 9.17) is 4.74 Å². The van der Waals surface area contributed by atoms with E-state index in [0.29, 0.717) is 50.5 Å². The summed E-state index contributed by atoms with van der Waals surface area (Å²) in [5.41, 5.74) is 3.45.